The van der Waals surface area contributed by atoms with Crippen LogP contribution in [-0.4, -0.2) is 6.29 Å². The first-order valence-electron chi connectivity index (χ1n) is 2.41. The molecule has 0 aliphatic heterocycles. The number of rotatable bonds is 0. The van der Waals surface area contributed by atoms with Crippen LogP contribution in [0.5, 0.6) is 0 Å². The van der Waals surface area contributed by atoms with Crippen LogP contribution in [0, 0.1) is 11.8 Å². The Hall–Kier alpha value is -1.07. The van der Waals surface area contributed by atoms with Gasteiger partial charge in [-0.3, -0.25) is 4.79 Å². The van der Waals surface area contributed by atoms with Crippen molar-refractivity contribution in [3.63, 3.8) is 0 Å². The Morgan fingerprint density at radius 1 is 1.67 bits per heavy atom. The molecule has 0 N–H and O–H groups in total. The van der Waals surface area contributed by atoms with E-state index in [1.807, 2.05) is 16.8 Å². The van der Waals surface area contributed by atoms with E-state index in [2.05, 4.69) is 11.8 Å². The van der Waals surface area contributed by atoms with Gasteiger partial charge in [-0.05, 0) is 17.4 Å². The highest BCUT2D eigenvalue weighted by Crippen LogP contribution is 2.02. The molecule has 0 aromatic carbocycles. The molecular formula is C7H4OS. The van der Waals surface area contributed by atoms with Crippen molar-refractivity contribution in [1.29, 1.82) is 0 Å². The Bertz CT molecular complexity index is 238. The predicted molar refractivity (Wildman–Crippen MR) is 37.3 cm³/mol. The van der Waals surface area contributed by atoms with Crippen LogP contribution in [0.2, 0.25) is 0 Å². The van der Waals surface area contributed by atoms with E-state index in [0.717, 1.165) is 5.56 Å². The Balaban J connectivity index is 2.78. The summed E-state index contributed by atoms with van der Waals surface area (Å²) in [5.41, 5.74) is 0.909. The number of aldehydes is 1. The third-order valence-corrected chi connectivity index (χ3v) is 1.48. The van der Waals surface area contributed by atoms with Gasteiger partial charge in [-0.15, -0.1) is 0 Å². The van der Waals surface area contributed by atoms with Crippen LogP contribution in [0.1, 0.15) is 5.56 Å². The van der Waals surface area contributed by atoms with Crippen LogP contribution >= 0.6 is 11.3 Å². The summed E-state index contributed by atoms with van der Waals surface area (Å²) in [7, 11) is 0. The molecule has 0 saturated heterocycles. The average Bonchev–Trinajstić information content (AvgIpc) is 2.34. The molecule has 0 aliphatic rings. The number of hydrogen-bond acceptors (Lipinski definition) is 2. The lowest BCUT2D eigenvalue weighted by atomic mass is 10.3. The van der Waals surface area contributed by atoms with Crippen LogP contribution < -0.4 is 0 Å². The van der Waals surface area contributed by atoms with Crippen molar-refractivity contribution in [2.45, 2.75) is 0 Å². The van der Waals surface area contributed by atoms with E-state index in [0.29, 0.717) is 6.29 Å². The Kier molecular flexibility index (Phi) is 2.06. The molecule has 1 aromatic rings. The quantitative estimate of drug-likeness (QED) is 0.388. The van der Waals surface area contributed by atoms with Gasteiger partial charge in [-0.2, -0.15) is 11.3 Å². The van der Waals surface area contributed by atoms with Crippen LogP contribution in [0.3, 0.4) is 0 Å². The standard InChI is InChI=1S/C7H4OS/c8-4-1-2-7-3-5-9-6-7/h3-6H. The lowest BCUT2D eigenvalue weighted by Gasteiger charge is -1.69. The minimum absolute atomic E-state index is 0.595. The first-order valence-corrected chi connectivity index (χ1v) is 3.35. The number of thiophene rings is 1. The molecule has 44 valence electrons. The third-order valence-electron chi connectivity index (χ3n) is 0.797. The van der Waals surface area contributed by atoms with Crippen LogP contribution in [-0.2, 0) is 4.79 Å². The van der Waals surface area contributed by atoms with Crippen molar-refractivity contribution < 1.29 is 4.79 Å². The smallest absolute Gasteiger partial charge is 0.193 e. The molecule has 0 atom stereocenters. The number of hydrogen-bond donors (Lipinski definition) is 0. The second-order valence-electron chi connectivity index (χ2n) is 1.40. The van der Waals surface area contributed by atoms with Crippen LogP contribution in [0.15, 0.2) is 16.8 Å². The molecule has 0 spiro atoms. The maximum absolute atomic E-state index is 9.73. The third kappa shape index (κ3) is 1.71. The molecule has 0 fully saturated rings. The van der Waals surface area contributed by atoms with Crippen molar-refractivity contribution >= 4 is 17.6 Å². The largest absolute Gasteiger partial charge is 0.289 e. The van der Waals surface area contributed by atoms with E-state index in [1.54, 1.807) is 11.3 Å². The average molecular weight is 136 g/mol. The predicted octanol–water partition coefficient (Wildman–Crippen LogP) is 1.30. The topological polar surface area (TPSA) is 17.1 Å². The van der Waals surface area contributed by atoms with E-state index >= 15 is 0 Å². The van der Waals surface area contributed by atoms with Crippen LogP contribution in [0.4, 0.5) is 0 Å². The second kappa shape index (κ2) is 3.06. The van der Waals surface area contributed by atoms with Gasteiger partial charge in [0.25, 0.3) is 0 Å². The number of carbonyl (C=O) groups is 1. The van der Waals surface area contributed by atoms with Gasteiger partial charge in [-0.25, -0.2) is 0 Å². The van der Waals surface area contributed by atoms with E-state index in [-0.39, 0.29) is 0 Å². The molecule has 1 aromatic heterocycles. The van der Waals surface area contributed by atoms with Gasteiger partial charge in [-0.1, -0.05) is 5.92 Å². The molecule has 1 heterocycles. The minimum Gasteiger partial charge on any atom is -0.289 e. The summed E-state index contributed by atoms with van der Waals surface area (Å²) >= 11 is 1.57. The molecule has 2 heteroatoms. The molecular weight excluding hydrogens is 132 g/mol. The summed E-state index contributed by atoms with van der Waals surface area (Å²) in [5.74, 6) is 4.99. The summed E-state index contributed by atoms with van der Waals surface area (Å²) < 4.78 is 0. The highest BCUT2D eigenvalue weighted by Gasteiger charge is 1.81. The molecule has 0 radical (unpaired) electrons. The normalized spacial score (nSPS) is 7.56. The van der Waals surface area contributed by atoms with Gasteiger partial charge in [0.05, 0.1) is 0 Å². The lowest BCUT2D eigenvalue weighted by molar-refractivity contribution is -0.103. The second-order valence-corrected chi connectivity index (χ2v) is 2.18. The van der Waals surface area contributed by atoms with Crippen molar-refractivity contribution in [1.82, 2.24) is 0 Å². The highest BCUT2D eigenvalue weighted by atomic mass is 32.1. The SMILES string of the molecule is O=CC#Cc1ccsc1. The fourth-order valence-electron chi connectivity index (χ4n) is 0.448. The fraction of sp³-hybridized carbons (Fsp3) is 0. The van der Waals surface area contributed by atoms with Gasteiger partial charge in [0, 0.05) is 10.9 Å². The monoisotopic (exact) mass is 136 g/mol. The van der Waals surface area contributed by atoms with Gasteiger partial charge in [0.1, 0.15) is 0 Å². The van der Waals surface area contributed by atoms with Gasteiger partial charge in [0.15, 0.2) is 6.29 Å². The van der Waals surface area contributed by atoms with Gasteiger partial charge in [0.2, 0.25) is 0 Å². The molecule has 0 aliphatic carbocycles. The summed E-state index contributed by atoms with van der Waals surface area (Å²) in [4.78, 5) is 9.73. The highest BCUT2D eigenvalue weighted by molar-refractivity contribution is 7.08. The van der Waals surface area contributed by atoms with E-state index in [4.69, 9.17) is 0 Å². The van der Waals surface area contributed by atoms with Gasteiger partial charge >= 0.3 is 0 Å². The fourth-order valence-corrected chi connectivity index (χ4v) is 1.04. The van der Waals surface area contributed by atoms with Crippen molar-refractivity contribution in [3.05, 3.63) is 22.4 Å². The van der Waals surface area contributed by atoms with Crippen molar-refractivity contribution in [2.75, 3.05) is 0 Å². The zero-order chi connectivity index (χ0) is 6.53. The summed E-state index contributed by atoms with van der Waals surface area (Å²) in [6.07, 6.45) is 0.595. The maximum atomic E-state index is 9.73. The maximum Gasteiger partial charge on any atom is 0.193 e. The first kappa shape index (κ1) is 6.06. The Labute approximate surface area is 57.3 Å². The van der Waals surface area contributed by atoms with Crippen molar-refractivity contribution in [2.24, 2.45) is 0 Å². The molecule has 0 unspecified atom stereocenters. The molecule has 0 amide bonds. The first-order chi connectivity index (χ1) is 4.43. The molecule has 1 nitrogen and oxygen atoms in total. The minimum atomic E-state index is 0.595. The molecule has 1 rings (SSSR count). The summed E-state index contributed by atoms with van der Waals surface area (Å²) in [6, 6.07) is 1.88. The Morgan fingerprint density at radius 3 is 3.11 bits per heavy atom. The van der Waals surface area contributed by atoms with Crippen molar-refractivity contribution in [3.8, 4) is 11.8 Å². The van der Waals surface area contributed by atoms with E-state index in [1.165, 1.54) is 0 Å². The van der Waals surface area contributed by atoms with Gasteiger partial charge < -0.3 is 0 Å². The summed E-state index contributed by atoms with van der Waals surface area (Å²) in [5, 5.41) is 3.82. The van der Waals surface area contributed by atoms with E-state index in [9.17, 15) is 4.79 Å². The zero-order valence-corrected chi connectivity index (χ0v) is 5.44. The zero-order valence-electron chi connectivity index (χ0n) is 4.63. The van der Waals surface area contributed by atoms with Crippen LogP contribution in [0.25, 0.3) is 0 Å². The summed E-state index contributed by atoms with van der Waals surface area (Å²) in [6.45, 7) is 0. The Morgan fingerprint density at radius 2 is 2.56 bits per heavy atom. The van der Waals surface area contributed by atoms with E-state index < -0.39 is 0 Å². The number of carbonyl (C=O) groups excluding carboxylic acids is 1. The molecule has 0 bridgehead atoms. The lowest BCUT2D eigenvalue weighted by Crippen LogP contribution is -1.63. The molecule has 0 saturated carbocycles. The molecule has 9 heavy (non-hydrogen) atoms.